The number of benzene rings is 2. The van der Waals surface area contributed by atoms with Gasteiger partial charge in [0, 0.05) is 18.2 Å². The van der Waals surface area contributed by atoms with Crippen LogP contribution >= 0.6 is 0 Å². The lowest BCUT2D eigenvalue weighted by molar-refractivity contribution is -0.274. The van der Waals surface area contributed by atoms with E-state index in [1.807, 2.05) is 0 Å². The van der Waals surface area contributed by atoms with Gasteiger partial charge < -0.3 is 25.4 Å². The lowest BCUT2D eigenvalue weighted by Crippen LogP contribution is -2.63. The van der Waals surface area contributed by atoms with Crippen LogP contribution in [0.15, 0.2) is 42.5 Å². The third-order valence-corrected chi connectivity index (χ3v) is 5.15. The summed E-state index contributed by atoms with van der Waals surface area (Å²) in [6, 6.07) is 7.50. The second kappa shape index (κ2) is 10.7. The molecule has 0 aliphatic carbocycles. The quantitative estimate of drug-likeness (QED) is 0.499. The number of piperidine rings is 1. The highest BCUT2D eigenvalue weighted by Gasteiger charge is 2.41. The molecule has 0 aromatic heterocycles. The van der Waals surface area contributed by atoms with Crippen molar-refractivity contribution in [2.24, 2.45) is 0 Å². The number of hydrogen-bond donors (Lipinski definition) is 3. The lowest BCUT2D eigenvalue weighted by atomic mass is 9.87. The number of rotatable bonds is 8. The molecule has 1 aliphatic heterocycles. The molecule has 0 radical (unpaired) electrons. The van der Waals surface area contributed by atoms with Crippen LogP contribution in [0.4, 0.5) is 22.0 Å². The van der Waals surface area contributed by atoms with Gasteiger partial charge in [-0.25, -0.2) is 8.78 Å². The molecule has 0 spiro atoms. The molecule has 2 amide bonds. The van der Waals surface area contributed by atoms with Gasteiger partial charge in [0.1, 0.15) is 28.7 Å². The largest absolute Gasteiger partial charge is 0.573 e. The summed E-state index contributed by atoms with van der Waals surface area (Å²) in [5.41, 5.74) is -1.18. The maximum Gasteiger partial charge on any atom is 0.573 e. The van der Waals surface area contributed by atoms with Crippen LogP contribution in [0, 0.1) is 11.6 Å². The van der Waals surface area contributed by atoms with E-state index >= 15 is 0 Å². The van der Waals surface area contributed by atoms with Crippen molar-refractivity contribution in [3.63, 3.8) is 0 Å². The van der Waals surface area contributed by atoms with Gasteiger partial charge in [0.25, 0.3) is 5.91 Å². The highest BCUT2D eigenvalue weighted by molar-refractivity contribution is 5.92. The van der Waals surface area contributed by atoms with Crippen molar-refractivity contribution >= 4 is 11.8 Å². The van der Waals surface area contributed by atoms with E-state index in [1.165, 1.54) is 18.2 Å². The first-order valence-corrected chi connectivity index (χ1v) is 10.3. The molecule has 1 heterocycles. The average Bonchev–Trinajstić information content (AvgIpc) is 2.77. The topological polar surface area (TPSA) is 88.7 Å². The predicted octanol–water partition coefficient (Wildman–Crippen LogP) is 2.80. The maximum atomic E-state index is 13.9. The Kier molecular flexibility index (Phi) is 7.92. The summed E-state index contributed by atoms with van der Waals surface area (Å²) in [5, 5.41) is 8.32. The monoisotopic (exact) mass is 487 g/mol. The van der Waals surface area contributed by atoms with Crippen LogP contribution in [0.5, 0.6) is 11.5 Å². The van der Waals surface area contributed by atoms with Crippen LogP contribution in [-0.4, -0.2) is 43.4 Å². The minimum atomic E-state index is -4.82. The van der Waals surface area contributed by atoms with Gasteiger partial charge >= 0.3 is 6.36 Å². The summed E-state index contributed by atoms with van der Waals surface area (Å²) in [5.74, 6) is -3.01. The standard InChI is InChI=1S/C22H22F5N3O4/c23-15-2-1-14(18(24)11-15)12-29-20(32)21(7-9-28-10-8-21)30-19(31)13-33-16-3-5-17(6-4-16)34-22(25,26)27/h1-6,11,28H,7-10,12-13H2,(H,29,32)(H,30,31). The first-order chi connectivity index (χ1) is 16.1. The Morgan fingerprint density at radius 2 is 1.65 bits per heavy atom. The molecule has 0 unspecified atom stereocenters. The van der Waals surface area contributed by atoms with E-state index in [2.05, 4.69) is 20.7 Å². The molecule has 1 fully saturated rings. The van der Waals surface area contributed by atoms with Crippen LogP contribution in [0.2, 0.25) is 0 Å². The molecule has 3 N–H and O–H groups in total. The van der Waals surface area contributed by atoms with Crippen LogP contribution in [-0.2, 0) is 16.1 Å². The maximum absolute atomic E-state index is 13.9. The number of amides is 2. The number of carbonyl (C=O) groups is 2. The Morgan fingerprint density at radius 3 is 2.26 bits per heavy atom. The summed E-state index contributed by atoms with van der Waals surface area (Å²) in [6.45, 7) is 0.202. The zero-order chi connectivity index (χ0) is 24.8. The molecule has 0 saturated carbocycles. The molecule has 3 rings (SSSR count). The fourth-order valence-corrected chi connectivity index (χ4v) is 3.46. The van der Waals surface area contributed by atoms with E-state index in [4.69, 9.17) is 4.74 Å². The molecule has 1 aliphatic rings. The summed E-state index contributed by atoms with van der Waals surface area (Å²) in [6.07, 6.45) is -4.30. The molecule has 34 heavy (non-hydrogen) atoms. The third-order valence-electron chi connectivity index (χ3n) is 5.15. The second-order valence-corrected chi connectivity index (χ2v) is 7.61. The van der Waals surface area contributed by atoms with Gasteiger partial charge in [-0.05, 0) is 56.3 Å². The van der Waals surface area contributed by atoms with E-state index in [-0.39, 0.29) is 30.7 Å². The Balaban J connectivity index is 1.58. The molecular formula is C22H22F5N3O4. The zero-order valence-corrected chi connectivity index (χ0v) is 17.8. The molecule has 2 aromatic carbocycles. The van der Waals surface area contributed by atoms with Gasteiger partial charge in [0.05, 0.1) is 0 Å². The molecule has 7 nitrogen and oxygen atoms in total. The van der Waals surface area contributed by atoms with Crippen molar-refractivity contribution in [1.82, 2.24) is 16.0 Å². The van der Waals surface area contributed by atoms with Gasteiger partial charge in [-0.15, -0.1) is 13.2 Å². The highest BCUT2D eigenvalue weighted by Crippen LogP contribution is 2.25. The van der Waals surface area contributed by atoms with Gasteiger partial charge in [-0.1, -0.05) is 6.07 Å². The molecule has 1 saturated heterocycles. The molecule has 0 atom stereocenters. The Labute approximate surface area is 191 Å². The van der Waals surface area contributed by atoms with Crippen molar-refractivity contribution in [2.45, 2.75) is 31.3 Å². The van der Waals surface area contributed by atoms with Crippen LogP contribution in [0.1, 0.15) is 18.4 Å². The van der Waals surface area contributed by atoms with Crippen molar-refractivity contribution in [3.8, 4) is 11.5 Å². The summed E-state index contributed by atoms with van der Waals surface area (Å²) in [4.78, 5) is 25.4. The summed E-state index contributed by atoms with van der Waals surface area (Å²) < 4.78 is 72.7. The van der Waals surface area contributed by atoms with E-state index < -0.39 is 47.7 Å². The average molecular weight is 487 g/mol. The van der Waals surface area contributed by atoms with Gasteiger partial charge in [0.15, 0.2) is 6.61 Å². The second-order valence-electron chi connectivity index (χ2n) is 7.61. The van der Waals surface area contributed by atoms with E-state index in [1.54, 1.807) is 0 Å². The zero-order valence-electron chi connectivity index (χ0n) is 17.8. The predicted molar refractivity (Wildman–Crippen MR) is 110 cm³/mol. The number of alkyl halides is 3. The van der Waals surface area contributed by atoms with Crippen molar-refractivity contribution in [3.05, 3.63) is 59.7 Å². The SMILES string of the molecule is O=C(COc1ccc(OC(F)(F)F)cc1)NC1(C(=O)NCc2ccc(F)cc2F)CCNCC1. The van der Waals surface area contributed by atoms with E-state index in [0.717, 1.165) is 18.2 Å². The number of ether oxygens (including phenoxy) is 2. The number of nitrogens with one attached hydrogen (secondary N) is 3. The summed E-state index contributed by atoms with van der Waals surface area (Å²) in [7, 11) is 0. The van der Waals surface area contributed by atoms with E-state index in [9.17, 15) is 31.5 Å². The molecule has 12 heteroatoms. The normalized spacial score (nSPS) is 15.3. The van der Waals surface area contributed by atoms with Crippen molar-refractivity contribution in [1.29, 1.82) is 0 Å². The molecule has 184 valence electrons. The van der Waals surface area contributed by atoms with Crippen LogP contribution in [0.3, 0.4) is 0 Å². The van der Waals surface area contributed by atoms with Crippen LogP contribution in [0.25, 0.3) is 0 Å². The van der Waals surface area contributed by atoms with Gasteiger partial charge in [0.2, 0.25) is 5.91 Å². The Bertz CT molecular complexity index is 1010. The highest BCUT2D eigenvalue weighted by atomic mass is 19.4. The fourth-order valence-electron chi connectivity index (χ4n) is 3.46. The van der Waals surface area contributed by atoms with Crippen LogP contribution < -0.4 is 25.4 Å². The number of hydrogen-bond acceptors (Lipinski definition) is 5. The van der Waals surface area contributed by atoms with Crippen molar-refractivity contribution in [2.75, 3.05) is 19.7 Å². The first-order valence-electron chi connectivity index (χ1n) is 10.3. The summed E-state index contributed by atoms with van der Waals surface area (Å²) >= 11 is 0. The Morgan fingerprint density at radius 1 is 1.00 bits per heavy atom. The van der Waals surface area contributed by atoms with Gasteiger partial charge in [-0.2, -0.15) is 0 Å². The minimum Gasteiger partial charge on any atom is -0.484 e. The van der Waals surface area contributed by atoms with Gasteiger partial charge in [-0.3, -0.25) is 9.59 Å². The minimum absolute atomic E-state index is 0.0893. The van der Waals surface area contributed by atoms with E-state index in [0.29, 0.717) is 19.2 Å². The number of carbonyl (C=O) groups excluding carboxylic acids is 2. The molecule has 2 aromatic rings. The lowest BCUT2D eigenvalue weighted by Gasteiger charge is -2.37. The molecule has 0 bridgehead atoms. The Hall–Kier alpha value is -3.41. The first kappa shape index (κ1) is 25.2. The third kappa shape index (κ3) is 7.04. The fraction of sp³-hybridized carbons (Fsp3) is 0.364. The van der Waals surface area contributed by atoms with Crippen molar-refractivity contribution < 1.29 is 41.0 Å². The number of halogens is 5. The molecular weight excluding hydrogens is 465 g/mol. The smallest absolute Gasteiger partial charge is 0.484 e.